The lowest BCUT2D eigenvalue weighted by molar-refractivity contribution is -0.113. The van der Waals surface area contributed by atoms with Crippen LogP contribution in [0.2, 0.25) is 0 Å². The number of nitrogens with one attached hydrogen (secondary N) is 1. The van der Waals surface area contributed by atoms with Gasteiger partial charge in [-0.15, -0.1) is 21.5 Å². The number of fused-ring (bicyclic) bond motifs is 1. The largest absolute Gasteiger partial charge is 0.365 e. The molecule has 3 aromatic rings. The number of rotatable bonds is 7. The van der Waals surface area contributed by atoms with Crippen molar-refractivity contribution in [2.75, 3.05) is 11.1 Å². The second-order valence-electron chi connectivity index (χ2n) is 7.53. The highest BCUT2D eigenvalue weighted by Gasteiger charge is 2.25. The van der Waals surface area contributed by atoms with Crippen LogP contribution in [-0.2, 0) is 24.2 Å². The lowest BCUT2D eigenvalue weighted by Crippen LogP contribution is -2.19. The molecule has 1 aliphatic carbocycles. The maximum absolute atomic E-state index is 12.7. The minimum Gasteiger partial charge on any atom is -0.365 e. The molecule has 0 atom stereocenters. The van der Waals surface area contributed by atoms with E-state index in [2.05, 4.69) is 15.5 Å². The van der Waals surface area contributed by atoms with Gasteiger partial charge < -0.3 is 15.6 Å². The molecule has 0 spiro atoms. The summed E-state index contributed by atoms with van der Waals surface area (Å²) in [7, 11) is 0. The lowest BCUT2D eigenvalue weighted by Gasteiger charge is -2.11. The summed E-state index contributed by atoms with van der Waals surface area (Å²) in [5, 5.41) is 12.8. The van der Waals surface area contributed by atoms with Crippen LogP contribution < -0.4 is 11.1 Å². The minimum atomic E-state index is -0.476. The SMILES string of the molecule is CCn1c(SCC(=O)Nc2sc3c(c2C(N)=O)CCCC3)nnc1-c1ccc(C)cc1. The maximum Gasteiger partial charge on any atom is 0.251 e. The molecule has 0 bridgehead atoms. The number of anilines is 1. The van der Waals surface area contributed by atoms with E-state index in [0.29, 0.717) is 22.3 Å². The quantitative estimate of drug-likeness (QED) is 0.523. The van der Waals surface area contributed by atoms with Gasteiger partial charge in [-0.2, -0.15) is 0 Å². The standard InChI is InChI=1S/C22H25N5O2S2/c1-3-27-20(14-10-8-13(2)9-11-14)25-26-22(27)30-12-17(28)24-21-18(19(23)29)15-6-4-5-7-16(15)31-21/h8-11H,3-7,12H2,1-2H3,(H2,23,29)(H,24,28). The number of hydrogen-bond donors (Lipinski definition) is 2. The van der Waals surface area contributed by atoms with Crippen molar-refractivity contribution >= 4 is 39.9 Å². The molecule has 9 heteroatoms. The summed E-state index contributed by atoms with van der Waals surface area (Å²) in [6.07, 6.45) is 3.93. The van der Waals surface area contributed by atoms with Gasteiger partial charge >= 0.3 is 0 Å². The number of aromatic nitrogens is 3. The Hall–Kier alpha value is -2.65. The highest BCUT2D eigenvalue weighted by atomic mass is 32.2. The number of nitrogens with zero attached hydrogens (tertiary/aromatic N) is 3. The number of nitrogens with two attached hydrogens (primary N) is 1. The van der Waals surface area contributed by atoms with Crippen molar-refractivity contribution in [3.05, 3.63) is 45.8 Å². The molecule has 2 aromatic heterocycles. The molecule has 0 saturated heterocycles. The molecule has 2 heterocycles. The number of carbonyl (C=O) groups excluding carboxylic acids is 2. The first-order chi connectivity index (χ1) is 15.0. The summed E-state index contributed by atoms with van der Waals surface area (Å²) in [4.78, 5) is 25.8. The number of thioether (sulfide) groups is 1. The van der Waals surface area contributed by atoms with Crippen LogP contribution in [0.1, 0.15) is 46.1 Å². The minimum absolute atomic E-state index is 0.173. The van der Waals surface area contributed by atoms with Crippen molar-refractivity contribution in [1.29, 1.82) is 0 Å². The van der Waals surface area contributed by atoms with E-state index in [4.69, 9.17) is 5.73 Å². The normalized spacial score (nSPS) is 13.1. The molecule has 31 heavy (non-hydrogen) atoms. The highest BCUT2D eigenvalue weighted by molar-refractivity contribution is 7.99. The zero-order valence-corrected chi connectivity index (χ0v) is 19.2. The highest BCUT2D eigenvalue weighted by Crippen LogP contribution is 2.38. The number of primary amides is 1. The summed E-state index contributed by atoms with van der Waals surface area (Å²) in [5.74, 6) is 0.295. The van der Waals surface area contributed by atoms with Gasteiger partial charge in [-0.25, -0.2) is 0 Å². The van der Waals surface area contributed by atoms with Gasteiger partial charge in [0.2, 0.25) is 5.91 Å². The Labute approximate surface area is 189 Å². The van der Waals surface area contributed by atoms with E-state index >= 15 is 0 Å². The van der Waals surface area contributed by atoms with Crippen LogP contribution in [0.5, 0.6) is 0 Å². The van der Waals surface area contributed by atoms with E-state index in [1.54, 1.807) is 0 Å². The molecule has 0 saturated carbocycles. The molecule has 0 radical (unpaired) electrons. The van der Waals surface area contributed by atoms with Gasteiger partial charge in [-0.1, -0.05) is 41.6 Å². The molecular formula is C22H25N5O2S2. The van der Waals surface area contributed by atoms with Crippen LogP contribution in [0.25, 0.3) is 11.4 Å². The van der Waals surface area contributed by atoms with E-state index in [0.717, 1.165) is 47.5 Å². The van der Waals surface area contributed by atoms with Crippen molar-refractivity contribution < 1.29 is 9.59 Å². The number of thiophene rings is 1. The van der Waals surface area contributed by atoms with E-state index in [9.17, 15) is 9.59 Å². The van der Waals surface area contributed by atoms with Crippen LogP contribution in [0.3, 0.4) is 0 Å². The van der Waals surface area contributed by atoms with Crippen LogP contribution in [-0.4, -0.2) is 32.3 Å². The Morgan fingerprint density at radius 3 is 2.65 bits per heavy atom. The predicted octanol–water partition coefficient (Wildman–Crippen LogP) is 4.04. The molecule has 3 N–H and O–H groups in total. The van der Waals surface area contributed by atoms with E-state index in [1.807, 2.05) is 42.7 Å². The Kier molecular flexibility index (Phi) is 6.43. The average Bonchev–Trinajstić information content (AvgIpc) is 3.33. The summed E-state index contributed by atoms with van der Waals surface area (Å²) in [6, 6.07) is 8.13. The van der Waals surface area contributed by atoms with Gasteiger partial charge in [-0.3, -0.25) is 9.59 Å². The monoisotopic (exact) mass is 455 g/mol. The Morgan fingerprint density at radius 2 is 1.94 bits per heavy atom. The Morgan fingerprint density at radius 1 is 1.19 bits per heavy atom. The van der Waals surface area contributed by atoms with Gasteiger partial charge in [0, 0.05) is 17.0 Å². The molecule has 1 aromatic carbocycles. The van der Waals surface area contributed by atoms with Crippen molar-refractivity contribution in [2.45, 2.75) is 51.2 Å². The first-order valence-corrected chi connectivity index (χ1v) is 12.1. The summed E-state index contributed by atoms with van der Waals surface area (Å²) in [6.45, 7) is 4.77. The fraction of sp³-hybridized carbons (Fsp3) is 0.364. The first-order valence-electron chi connectivity index (χ1n) is 10.3. The van der Waals surface area contributed by atoms with Crippen molar-refractivity contribution in [1.82, 2.24) is 14.8 Å². The van der Waals surface area contributed by atoms with Gasteiger partial charge in [-0.05, 0) is 45.1 Å². The van der Waals surface area contributed by atoms with Crippen molar-refractivity contribution in [3.8, 4) is 11.4 Å². The molecular weight excluding hydrogens is 430 g/mol. The molecule has 162 valence electrons. The summed E-state index contributed by atoms with van der Waals surface area (Å²) in [5.41, 5.74) is 9.29. The number of amides is 2. The topological polar surface area (TPSA) is 103 Å². The van der Waals surface area contributed by atoms with Crippen LogP contribution in [0.4, 0.5) is 5.00 Å². The third-order valence-electron chi connectivity index (χ3n) is 5.35. The zero-order valence-electron chi connectivity index (χ0n) is 17.6. The summed E-state index contributed by atoms with van der Waals surface area (Å²) < 4.78 is 2.00. The van der Waals surface area contributed by atoms with Gasteiger partial charge in [0.25, 0.3) is 5.91 Å². The van der Waals surface area contributed by atoms with E-state index in [-0.39, 0.29) is 11.7 Å². The Bertz CT molecular complexity index is 1120. The molecule has 0 fully saturated rings. The maximum atomic E-state index is 12.7. The van der Waals surface area contributed by atoms with Gasteiger partial charge in [0.05, 0.1) is 11.3 Å². The van der Waals surface area contributed by atoms with Gasteiger partial charge in [0.15, 0.2) is 11.0 Å². The predicted molar refractivity (Wildman–Crippen MR) is 125 cm³/mol. The number of aryl methyl sites for hydroxylation is 2. The van der Waals surface area contributed by atoms with Crippen LogP contribution in [0.15, 0.2) is 29.4 Å². The molecule has 4 rings (SSSR count). The second-order valence-corrected chi connectivity index (χ2v) is 9.58. The molecule has 7 nitrogen and oxygen atoms in total. The molecule has 1 aliphatic rings. The van der Waals surface area contributed by atoms with E-state index < -0.39 is 5.91 Å². The molecule has 0 unspecified atom stereocenters. The van der Waals surface area contributed by atoms with E-state index in [1.165, 1.54) is 28.7 Å². The summed E-state index contributed by atoms with van der Waals surface area (Å²) >= 11 is 2.81. The third kappa shape index (κ3) is 4.52. The Balaban J connectivity index is 1.47. The van der Waals surface area contributed by atoms with Crippen molar-refractivity contribution in [3.63, 3.8) is 0 Å². The second kappa shape index (κ2) is 9.23. The smallest absolute Gasteiger partial charge is 0.251 e. The molecule has 0 aliphatic heterocycles. The average molecular weight is 456 g/mol. The van der Waals surface area contributed by atoms with Crippen molar-refractivity contribution in [2.24, 2.45) is 5.73 Å². The third-order valence-corrected chi connectivity index (χ3v) is 7.52. The lowest BCUT2D eigenvalue weighted by atomic mass is 9.95. The fourth-order valence-electron chi connectivity index (χ4n) is 3.80. The van der Waals surface area contributed by atoms with Gasteiger partial charge in [0.1, 0.15) is 5.00 Å². The fourth-order valence-corrected chi connectivity index (χ4v) is 5.92. The number of hydrogen-bond acceptors (Lipinski definition) is 6. The number of carbonyl (C=O) groups is 2. The van der Waals surface area contributed by atoms with Crippen LogP contribution >= 0.6 is 23.1 Å². The molecule has 2 amide bonds. The zero-order chi connectivity index (χ0) is 22.0. The number of benzene rings is 1. The van der Waals surface area contributed by atoms with Crippen LogP contribution in [0, 0.1) is 6.92 Å². The first kappa shape index (κ1) is 21.6.